The van der Waals surface area contributed by atoms with Crippen LogP contribution >= 0.6 is 15.9 Å². The van der Waals surface area contributed by atoms with E-state index in [1.54, 1.807) is 11.0 Å². The van der Waals surface area contributed by atoms with Gasteiger partial charge >= 0.3 is 0 Å². The van der Waals surface area contributed by atoms with E-state index in [1.165, 1.54) is 6.33 Å². The molecule has 7 nitrogen and oxygen atoms in total. The second kappa shape index (κ2) is 4.44. The summed E-state index contributed by atoms with van der Waals surface area (Å²) in [6.07, 6.45) is 3.04. The zero-order chi connectivity index (χ0) is 11.5. The Labute approximate surface area is 100 Å². The first-order valence-electron chi connectivity index (χ1n) is 4.51. The Kier molecular flexibility index (Phi) is 3.00. The highest BCUT2D eigenvalue weighted by Crippen LogP contribution is 2.23. The van der Waals surface area contributed by atoms with E-state index in [1.807, 2.05) is 7.05 Å². The molecule has 16 heavy (non-hydrogen) atoms. The summed E-state index contributed by atoms with van der Waals surface area (Å²) in [4.78, 5) is 12.0. The Hall–Kier alpha value is -1.70. The van der Waals surface area contributed by atoms with E-state index in [9.17, 15) is 0 Å². The number of hydrogen-bond donors (Lipinski definition) is 2. The van der Waals surface area contributed by atoms with E-state index in [-0.39, 0.29) is 0 Å². The molecule has 0 aromatic carbocycles. The molecule has 2 aromatic rings. The molecule has 8 heteroatoms. The van der Waals surface area contributed by atoms with Crippen LogP contribution in [-0.2, 0) is 13.6 Å². The molecule has 0 fully saturated rings. The molecule has 0 aliphatic carbocycles. The summed E-state index contributed by atoms with van der Waals surface area (Å²) >= 11 is 3.30. The Morgan fingerprint density at radius 1 is 1.44 bits per heavy atom. The summed E-state index contributed by atoms with van der Waals surface area (Å²) in [6, 6.07) is 0. The van der Waals surface area contributed by atoms with Crippen molar-refractivity contribution >= 4 is 27.6 Å². The summed E-state index contributed by atoms with van der Waals surface area (Å²) < 4.78 is 2.28. The minimum atomic E-state index is 0.395. The number of hydrogen-bond acceptors (Lipinski definition) is 6. The van der Waals surface area contributed by atoms with Crippen molar-refractivity contribution in [1.82, 2.24) is 24.7 Å². The minimum Gasteiger partial charge on any atom is -0.383 e. The van der Waals surface area contributed by atoms with Gasteiger partial charge in [0, 0.05) is 7.05 Å². The third kappa shape index (κ3) is 2.27. The Balaban J connectivity index is 2.07. The van der Waals surface area contributed by atoms with Crippen molar-refractivity contribution in [3.8, 4) is 0 Å². The first-order valence-corrected chi connectivity index (χ1v) is 5.30. The van der Waals surface area contributed by atoms with Crippen LogP contribution in [0.25, 0.3) is 0 Å². The average Bonchev–Trinajstić information content (AvgIpc) is 2.67. The number of anilines is 2. The molecule has 0 saturated carbocycles. The Morgan fingerprint density at radius 2 is 2.25 bits per heavy atom. The van der Waals surface area contributed by atoms with E-state index in [0.717, 1.165) is 0 Å². The van der Waals surface area contributed by atoms with Crippen molar-refractivity contribution < 1.29 is 0 Å². The van der Waals surface area contributed by atoms with Crippen LogP contribution in [0.2, 0.25) is 0 Å². The standard InChI is InChI=1S/C8H10BrN7/c1-16-4-14-5(15-16)2-11-8-6(9)7(10)12-3-13-8/h3-4H,2H2,1H3,(H3,10,11,12,13). The SMILES string of the molecule is Cn1cnc(CNc2ncnc(N)c2Br)n1. The number of aryl methyl sites for hydroxylation is 1. The van der Waals surface area contributed by atoms with Crippen LogP contribution in [0.15, 0.2) is 17.1 Å². The number of nitrogen functional groups attached to an aromatic ring is 1. The molecule has 0 radical (unpaired) electrons. The van der Waals surface area contributed by atoms with Crippen LogP contribution in [0.5, 0.6) is 0 Å². The van der Waals surface area contributed by atoms with E-state index >= 15 is 0 Å². The third-order valence-electron chi connectivity index (χ3n) is 1.88. The van der Waals surface area contributed by atoms with Crippen molar-refractivity contribution in [2.24, 2.45) is 7.05 Å². The van der Waals surface area contributed by atoms with Gasteiger partial charge in [0.05, 0.1) is 6.54 Å². The first kappa shape index (κ1) is 10.8. The fraction of sp³-hybridized carbons (Fsp3) is 0.250. The zero-order valence-corrected chi connectivity index (χ0v) is 10.1. The van der Waals surface area contributed by atoms with Crippen LogP contribution in [0.1, 0.15) is 5.82 Å². The Bertz CT molecular complexity index is 495. The predicted octanol–water partition coefficient (Wildman–Crippen LogP) is 0.562. The molecule has 0 spiro atoms. The number of nitrogens with zero attached hydrogens (tertiary/aromatic N) is 5. The highest BCUT2D eigenvalue weighted by atomic mass is 79.9. The van der Waals surface area contributed by atoms with Crippen molar-refractivity contribution in [3.63, 3.8) is 0 Å². The summed E-state index contributed by atoms with van der Waals surface area (Å²) in [5.74, 6) is 1.71. The zero-order valence-electron chi connectivity index (χ0n) is 8.55. The molecule has 0 atom stereocenters. The maximum Gasteiger partial charge on any atom is 0.169 e. The van der Waals surface area contributed by atoms with Crippen LogP contribution in [0.3, 0.4) is 0 Å². The molecule has 2 aromatic heterocycles. The van der Waals surface area contributed by atoms with E-state index in [2.05, 4.69) is 41.3 Å². The lowest BCUT2D eigenvalue weighted by molar-refractivity contribution is 0.747. The highest BCUT2D eigenvalue weighted by molar-refractivity contribution is 9.10. The topological polar surface area (TPSA) is 94.5 Å². The van der Waals surface area contributed by atoms with Gasteiger partial charge in [-0.25, -0.2) is 15.0 Å². The second-order valence-corrected chi connectivity index (χ2v) is 3.90. The monoisotopic (exact) mass is 283 g/mol. The number of halogens is 1. The van der Waals surface area contributed by atoms with Gasteiger partial charge in [-0.1, -0.05) is 0 Å². The summed E-state index contributed by atoms with van der Waals surface area (Å²) in [5.41, 5.74) is 5.62. The maximum atomic E-state index is 5.62. The molecule has 0 aliphatic rings. The molecule has 0 unspecified atom stereocenters. The van der Waals surface area contributed by atoms with Gasteiger partial charge in [-0.05, 0) is 15.9 Å². The molecule has 84 valence electrons. The molecule has 0 bridgehead atoms. The van der Waals surface area contributed by atoms with Gasteiger partial charge in [0.1, 0.15) is 28.8 Å². The molecular formula is C8H10BrN7. The Morgan fingerprint density at radius 3 is 2.94 bits per heavy atom. The van der Waals surface area contributed by atoms with Crippen molar-refractivity contribution in [2.75, 3.05) is 11.1 Å². The van der Waals surface area contributed by atoms with Crippen LogP contribution in [0, 0.1) is 0 Å². The first-order chi connectivity index (χ1) is 7.66. The predicted molar refractivity (Wildman–Crippen MR) is 62.5 cm³/mol. The van der Waals surface area contributed by atoms with Gasteiger partial charge in [0.15, 0.2) is 5.82 Å². The number of nitrogens with one attached hydrogen (secondary N) is 1. The lowest BCUT2D eigenvalue weighted by Crippen LogP contribution is -2.06. The summed E-state index contributed by atoms with van der Waals surface area (Å²) in [7, 11) is 1.81. The highest BCUT2D eigenvalue weighted by Gasteiger charge is 2.06. The van der Waals surface area contributed by atoms with Crippen molar-refractivity contribution in [2.45, 2.75) is 6.54 Å². The summed E-state index contributed by atoms with van der Waals surface area (Å²) in [5, 5.41) is 7.20. The molecule has 0 amide bonds. The average molecular weight is 284 g/mol. The minimum absolute atomic E-state index is 0.395. The number of nitrogens with two attached hydrogens (primary N) is 1. The van der Waals surface area contributed by atoms with E-state index < -0.39 is 0 Å². The van der Waals surface area contributed by atoms with Crippen LogP contribution in [-0.4, -0.2) is 24.7 Å². The normalized spacial score (nSPS) is 10.4. The van der Waals surface area contributed by atoms with Crippen molar-refractivity contribution in [3.05, 3.63) is 23.0 Å². The number of aromatic nitrogens is 5. The third-order valence-corrected chi connectivity index (χ3v) is 2.66. The quantitative estimate of drug-likeness (QED) is 0.855. The van der Waals surface area contributed by atoms with Gasteiger partial charge in [0.2, 0.25) is 0 Å². The number of rotatable bonds is 3. The smallest absolute Gasteiger partial charge is 0.169 e. The molecule has 2 heterocycles. The molecule has 3 N–H and O–H groups in total. The van der Waals surface area contributed by atoms with E-state index in [4.69, 9.17) is 5.73 Å². The lowest BCUT2D eigenvalue weighted by atomic mass is 10.5. The molecule has 0 saturated heterocycles. The maximum absolute atomic E-state index is 5.62. The second-order valence-electron chi connectivity index (χ2n) is 3.11. The largest absolute Gasteiger partial charge is 0.383 e. The van der Waals surface area contributed by atoms with Gasteiger partial charge in [-0.15, -0.1) is 0 Å². The van der Waals surface area contributed by atoms with Gasteiger partial charge in [0.25, 0.3) is 0 Å². The van der Waals surface area contributed by atoms with Gasteiger partial charge in [-0.3, -0.25) is 4.68 Å². The van der Waals surface area contributed by atoms with Gasteiger partial charge in [-0.2, -0.15) is 5.10 Å². The van der Waals surface area contributed by atoms with Crippen LogP contribution in [0.4, 0.5) is 11.6 Å². The summed E-state index contributed by atoms with van der Waals surface area (Å²) in [6.45, 7) is 0.482. The lowest BCUT2D eigenvalue weighted by Gasteiger charge is -2.05. The molecule has 2 rings (SSSR count). The fourth-order valence-corrected chi connectivity index (χ4v) is 1.48. The molecule has 0 aliphatic heterocycles. The van der Waals surface area contributed by atoms with Crippen molar-refractivity contribution in [1.29, 1.82) is 0 Å². The van der Waals surface area contributed by atoms with Crippen LogP contribution < -0.4 is 11.1 Å². The molecular weight excluding hydrogens is 274 g/mol. The van der Waals surface area contributed by atoms with Gasteiger partial charge < -0.3 is 11.1 Å². The van der Waals surface area contributed by atoms with E-state index in [0.29, 0.717) is 28.5 Å². The fourth-order valence-electron chi connectivity index (χ4n) is 1.13.